The van der Waals surface area contributed by atoms with E-state index in [1.165, 1.54) is 0 Å². The number of carbonyl (C=O) groups is 1. The van der Waals surface area contributed by atoms with Crippen LogP contribution in [0.3, 0.4) is 0 Å². The first-order valence-electron chi connectivity index (χ1n) is 9.71. The molecule has 150 valence electrons. The van der Waals surface area contributed by atoms with Crippen LogP contribution in [-0.4, -0.2) is 13.0 Å². The number of carbonyl (C=O) groups excluding carboxylic acids is 1. The number of hydrogen-bond acceptors (Lipinski definition) is 2. The first kappa shape index (κ1) is 20.0. The summed E-state index contributed by atoms with van der Waals surface area (Å²) in [6, 6.07) is 21.3. The number of methoxy groups -OCH3 is 1. The fourth-order valence-electron chi connectivity index (χ4n) is 3.62. The van der Waals surface area contributed by atoms with Gasteiger partial charge in [0.25, 0.3) is 5.91 Å². The third kappa shape index (κ3) is 3.89. The zero-order valence-corrected chi connectivity index (χ0v) is 17.9. The van der Waals surface area contributed by atoms with Gasteiger partial charge in [-0.2, -0.15) is 0 Å². The molecule has 4 heteroatoms. The van der Waals surface area contributed by atoms with Crippen LogP contribution in [0.4, 0.5) is 5.69 Å². The summed E-state index contributed by atoms with van der Waals surface area (Å²) in [7, 11) is 1.64. The van der Waals surface area contributed by atoms with Gasteiger partial charge in [0.15, 0.2) is 0 Å². The van der Waals surface area contributed by atoms with E-state index in [2.05, 4.69) is 6.07 Å². The number of benzene rings is 3. The van der Waals surface area contributed by atoms with Crippen LogP contribution in [0.15, 0.2) is 78.4 Å². The molecular weight excluding hydrogens is 394 g/mol. The number of halogens is 1. The highest BCUT2D eigenvalue weighted by Gasteiger charge is 2.31. The Morgan fingerprint density at radius 2 is 1.63 bits per heavy atom. The highest BCUT2D eigenvalue weighted by Crippen LogP contribution is 2.37. The van der Waals surface area contributed by atoms with Gasteiger partial charge in [-0.25, -0.2) is 0 Å². The van der Waals surface area contributed by atoms with Crippen LogP contribution in [0.5, 0.6) is 5.75 Å². The Hall–Kier alpha value is -3.30. The van der Waals surface area contributed by atoms with E-state index in [1.54, 1.807) is 12.0 Å². The van der Waals surface area contributed by atoms with Gasteiger partial charge in [0, 0.05) is 10.6 Å². The number of hydrogen-bond donors (Lipinski definition) is 0. The van der Waals surface area contributed by atoms with Crippen molar-refractivity contribution in [2.45, 2.75) is 13.8 Å². The summed E-state index contributed by atoms with van der Waals surface area (Å²) < 4.78 is 5.22. The van der Waals surface area contributed by atoms with Crippen molar-refractivity contribution >= 4 is 35.0 Å². The van der Waals surface area contributed by atoms with Gasteiger partial charge in [-0.15, -0.1) is 0 Å². The van der Waals surface area contributed by atoms with Crippen molar-refractivity contribution in [2.75, 3.05) is 12.0 Å². The predicted octanol–water partition coefficient (Wildman–Crippen LogP) is 6.44. The molecule has 0 radical (unpaired) electrons. The van der Waals surface area contributed by atoms with Crippen molar-refractivity contribution in [1.29, 1.82) is 0 Å². The Morgan fingerprint density at radius 1 is 0.933 bits per heavy atom. The molecule has 0 unspecified atom stereocenters. The lowest BCUT2D eigenvalue weighted by Crippen LogP contribution is -2.25. The van der Waals surface area contributed by atoms with Crippen LogP contribution < -0.4 is 9.64 Å². The van der Waals surface area contributed by atoms with Gasteiger partial charge in [0.05, 0.1) is 18.5 Å². The average molecular weight is 416 g/mol. The molecule has 0 aliphatic carbocycles. The largest absolute Gasteiger partial charge is 0.497 e. The molecule has 30 heavy (non-hydrogen) atoms. The molecule has 4 rings (SSSR count). The normalized spacial score (nSPS) is 14.9. The Balaban J connectivity index is 1.82. The van der Waals surface area contributed by atoms with Crippen LogP contribution in [0.25, 0.3) is 11.8 Å². The van der Waals surface area contributed by atoms with Gasteiger partial charge >= 0.3 is 0 Å². The van der Waals surface area contributed by atoms with Crippen LogP contribution in [0.2, 0.25) is 5.02 Å². The fraction of sp³-hybridized carbons (Fsp3) is 0.115. The zero-order valence-electron chi connectivity index (χ0n) is 17.1. The molecule has 0 fully saturated rings. The van der Waals surface area contributed by atoms with Crippen molar-refractivity contribution in [2.24, 2.45) is 0 Å². The van der Waals surface area contributed by atoms with Crippen LogP contribution >= 0.6 is 11.6 Å². The van der Waals surface area contributed by atoms with E-state index in [0.717, 1.165) is 39.4 Å². The van der Waals surface area contributed by atoms with Crippen molar-refractivity contribution in [1.82, 2.24) is 0 Å². The molecule has 3 nitrogen and oxygen atoms in total. The van der Waals surface area contributed by atoms with Gasteiger partial charge in [0.2, 0.25) is 0 Å². The van der Waals surface area contributed by atoms with E-state index >= 15 is 0 Å². The quantitative estimate of drug-likeness (QED) is 0.459. The Bertz CT molecular complexity index is 1160. The van der Waals surface area contributed by atoms with Crippen molar-refractivity contribution in [3.63, 3.8) is 0 Å². The van der Waals surface area contributed by atoms with E-state index in [0.29, 0.717) is 10.6 Å². The minimum absolute atomic E-state index is 0.0530. The molecule has 0 bridgehead atoms. The molecule has 0 aromatic heterocycles. The molecule has 0 N–H and O–H groups in total. The second kappa shape index (κ2) is 8.21. The lowest BCUT2D eigenvalue weighted by Gasteiger charge is -2.23. The SMILES string of the molecule is COc1ccc(/C=C2/C=C(c3ccc(Cl)cc3)N(c3ccc(C)cc3C)C2=O)cc1. The van der Waals surface area contributed by atoms with Crippen molar-refractivity contribution in [3.05, 3.63) is 106 Å². The number of ether oxygens (including phenoxy) is 1. The second-order valence-corrected chi connectivity index (χ2v) is 7.78. The molecule has 1 aliphatic heterocycles. The van der Waals surface area contributed by atoms with Crippen LogP contribution in [-0.2, 0) is 4.79 Å². The monoisotopic (exact) mass is 415 g/mol. The molecule has 3 aromatic rings. The number of nitrogens with zero attached hydrogens (tertiary/aromatic N) is 1. The van der Waals surface area contributed by atoms with Crippen LogP contribution in [0, 0.1) is 13.8 Å². The number of aryl methyl sites for hydroxylation is 2. The Kier molecular flexibility index (Phi) is 5.47. The maximum atomic E-state index is 13.5. The minimum atomic E-state index is -0.0530. The minimum Gasteiger partial charge on any atom is -0.497 e. The molecule has 1 aliphatic rings. The first-order valence-corrected chi connectivity index (χ1v) is 10.1. The van der Waals surface area contributed by atoms with Crippen LogP contribution in [0.1, 0.15) is 22.3 Å². The molecule has 3 aromatic carbocycles. The van der Waals surface area contributed by atoms with E-state index in [1.807, 2.05) is 86.7 Å². The topological polar surface area (TPSA) is 29.5 Å². The predicted molar refractivity (Wildman–Crippen MR) is 124 cm³/mol. The summed E-state index contributed by atoms with van der Waals surface area (Å²) in [5.41, 5.74) is 6.43. The number of amides is 1. The molecule has 1 amide bonds. The average Bonchev–Trinajstić information content (AvgIpc) is 3.05. The highest BCUT2D eigenvalue weighted by molar-refractivity contribution is 6.30. The Labute approximate surface area is 181 Å². The standard InChI is InChI=1S/C26H22ClNO2/c1-17-4-13-24(18(2)14-17)28-25(20-7-9-22(27)10-8-20)16-21(26(28)29)15-19-5-11-23(30-3)12-6-19/h4-16H,1-3H3/b21-15-. The molecule has 1 heterocycles. The lowest BCUT2D eigenvalue weighted by atomic mass is 10.1. The van der Waals surface area contributed by atoms with E-state index < -0.39 is 0 Å². The number of anilines is 1. The summed E-state index contributed by atoms with van der Waals surface area (Å²) in [6.45, 7) is 4.08. The molecular formula is C26H22ClNO2. The van der Waals surface area contributed by atoms with Gasteiger partial charge in [0.1, 0.15) is 5.75 Å². The highest BCUT2D eigenvalue weighted by atomic mass is 35.5. The molecule has 0 spiro atoms. The number of rotatable bonds is 4. The third-order valence-electron chi connectivity index (χ3n) is 5.15. The zero-order chi connectivity index (χ0) is 21.3. The lowest BCUT2D eigenvalue weighted by molar-refractivity contribution is -0.113. The maximum Gasteiger partial charge on any atom is 0.262 e. The second-order valence-electron chi connectivity index (χ2n) is 7.34. The van der Waals surface area contributed by atoms with Gasteiger partial charge in [-0.1, -0.05) is 53.6 Å². The van der Waals surface area contributed by atoms with Gasteiger partial charge in [-0.05, 0) is 73.0 Å². The summed E-state index contributed by atoms with van der Waals surface area (Å²) >= 11 is 6.08. The first-order chi connectivity index (χ1) is 14.5. The summed E-state index contributed by atoms with van der Waals surface area (Å²) in [5.74, 6) is 0.729. The molecule has 0 atom stereocenters. The van der Waals surface area contributed by atoms with Gasteiger partial charge < -0.3 is 4.74 Å². The molecule has 0 saturated carbocycles. The van der Waals surface area contributed by atoms with E-state index in [9.17, 15) is 4.79 Å². The van der Waals surface area contributed by atoms with E-state index in [4.69, 9.17) is 16.3 Å². The summed E-state index contributed by atoms with van der Waals surface area (Å²) in [6.07, 6.45) is 3.84. The fourth-order valence-corrected chi connectivity index (χ4v) is 3.75. The molecule has 0 saturated heterocycles. The van der Waals surface area contributed by atoms with Gasteiger partial charge in [-0.3, -0.25) is 9.69 Å². The summed E-state index contributed by atoms with van der Waals surface area (Å²) in [4.78, 5) is 15.3. The van der Waals surface area contributed by atoms with E-state index in [-0.39, 0.29) is 5.91 Å². The Morgan fingerprint density at radius 3 is 2.27 bits per heavy atom. The summed E-state index contributed by atoms with van der Waals surface area (Å²) in [5, 5.41) is 0.663. The third-order valence-corrected chi connectivity index (χ3v) is 5.41. The maximum absolute atomic E-state index is 13.5. The van der Waals surface area contributed by atoms with Crippen molar-refractivity contribution in [3.8, 4) is 5.75 Å². The smallest absolute Gasteiger partial charge is 0.262 e. The van der Waals surface area contributed by atoms with Crippen molar-refractivity contribution < 1.29 is 9.53 Å².